The standard InChI is InChI=1S/C12H20N2S/c1-10(11-5-4-8-15-11)14-7-6-13-12(2,3)9-14/h4-5,8,10,13H,6-7,9H2,1-3H3. The van der Waals surface area contributed by atoms with Crippen LogP contribution in [0.15, 0.2) is 17.5 Å². The lowest BCUT2D eigenvalue weighted by Crippen LogP contribution is -2.57. The van der Waals surface area contributed by atoms with E-state index in [0.29, 0.717) is 6.04 Å². The van der Waals surface area contributed by atoms with E-state index in [1.807, 2.05) is 11.3 Å². The molecule has 1 saturated heterocycles. The summed E-state index contributed by atoms with van der Waals surface area (Å²) in [5, 5.41) is 5.72. The fourth-order valence-electron chi connectivity index (χ4n) is 2.22. The second-order valence-corrected chi connectivity index (χ2v) is 5.95. The molecule has 0 bridgehead atoms. The maximum atomic E-state index is 3.55. The van der Waals surface area contributed by atoms with E-state index in [9.17, 15) is 0 Å². The van der Waals surface area contributed by atoms with Crippen LogP contribution in [-0.4, -0.2) is 30.1 Å². The van der Waals surface area contributed by atoms with Crippen LogP contribution in [0.1, 0.15) is 31.7 Å². The highest BCUT2D eigenvalue weighted by molar-refractivity contribution is 7.10. The summed E-state index contributed by atoms with van der Waals surface area (Å²) in [5.74, 6) is 0. The molecule has 0 aliphatic carbocycles. The van der Waals surface area contributed by atoms with Crippen molar-refractivity contribution < 1.29 is 0 Å². The first-order chi connectivity index (χ1) is 7.08. The molecule has 0 aromatic carbocycles. The highest BCUT2D eigenvalue weighted by Crippen LogP contribution is 2.26. The van der Waals surface area contributed by atoms with Gasteiger partial charge in [0, 0.05) is 36.1 Å². The Morgan fingerprint density at radius 1 is 1.53 bits per heavy atom. The van der Waals surface area contributed by atoms with Gasteiger partial charge >= 0.3 is 0 Å². The van der Waals surface area contributed by atoms with Crippen LogP contribution >= 0.6 is 11.3 Å². The second-order valence-electron chi connectivity index (χ2n) is 4.97. The third-order valence-electron chi connectivity index (χ3n) is 3.10. The number of nitrogens with one attached hydrogen (secondary N) is 1. The van der Waals surface area contributed by atoms with Crippen molar-refractivity contribution >= 4 is 11.3 Å². The van der Waals surface area contributed by atoms with Crippen LogP contribution in [0.3, 0.4) is 0 Å². The smallest absolute Gasteiger partial charge is 0.0414 e. The van der Waals surface area contributed by atoms with Crippen molar-refractivity contribution in [2.45, 2.75) is 32.4 Å². The summed E-state index contributed by atoms with van der Waals surface area (Å²) in [6.07, 6.45) is 0. The first-order valence-electron chi connectivity index (χ1n) is 5.61. The maximum absolute atomic E-state index is 3.55. The van der Waals surface area contributed by atoms with Crippen LogP contribution in [0.4, 0.5) is 0 Å². The zero-order chi connectivity index (χ0) is 10.9. The van der Waals surface area contributed by atoms with E-state index < -0.39 is 0 Å². The highest BCUT2D eigenvalue weighted by atomic mass is 32.1. The fourth-order valence-corrected chi connectivity index (χ4v) is 3.04. The lowest BCUT2D eigenvalue weighted by molar-refractivity contribution is 0.118. The van der Waals surface area contributed by atoms with Crippen molar-refractivity contribution in [3.05, 3.63) is 22.4 Å². The normalized spacial score (nSPS) is 23.9. The summed E-state index contributed by atoms with van der Waals surface area (Å²) in [7, 11) is 0. The van der Waals surface area contributed by atoms with Crippen molar-refractivity contribution in [3.63, 3.8) is 0 Å². The first kappa shape index (κ1) is 11.1. The lowest BCUT2D eigenvalue weighted by atomic mass is 10.0. The number of nitrogens with zero attached hydrogens (tertiary/aromatic N) is 1. The molecule has 1 aromatic rings. The van der Waals surface area contributed by atoms with Crippen molar-refractivity contribution in [1.29, 1.82) is 0 Å². The zero-order valence-corrected chi connectivity index (χ0v) is 10.6. The Morgan fingerprint density at radius 2 is 2.33 bits per heavy atom. The van der Waals surface area contributed by atoms with Gasteiger partial charge in [0.1, 0.15) is 0 Å². The summed E-state index contributed by atoms with van der Waals surface area (Å²) in [5.41, 5.74) is 0.254. The van der Waals surface area contributed by atoms with Gasteiger partial charge in [-0.3, -0.25) is 4.90 Å². The van der Waals surface area contributed by atoms with Gasteiger partial charge < -0.3 is 5.32 Å². The molecule has 0 radical (unpaired) electrons. The number of piperazine rings is 1. The molecule has 0 saturated carbocycles. The second kappa shape index (κ2) is 4.24. The first-order valence-corrected chi connectivity index (χ1v) is 6.49. The predicted molar refractivity (Wildman–Crippen MR) is 66.4 cm³/mol. The third kappa shape index (κ3) is 2.60. The molecule has 1 fully saturated rings. The van der Waals surface area contributed by atoms with Gasteiger partial charge in [-0.1, -0.05) is 6.07 Å². The van der Waals surface area contributed by atoms with Gasteiger partial charge in [0.15, 0.2) is 0 Å². The molecule has 1 unspecified atom stereocenters. The summed E-state index contributed by atoms with van der Waals surface area (Å²) >= 11 is 1.86. The van der Waals surface area contributed by atoms with Gasteiger partial charge in [-0.2, -0.15) is 0 Å². The van der Waals surface area contributed by atoms with Gasteiger partial charge in [-0.05, 0) is 32.2 Å². The largest absolute Gasteiger partial charge is 0.309 e. The molecule has 1 aromatic heterocycles. The number of hydrogen-bond acceptors (Lipinski definition) is 3. The van der Waals surface area contributed by atoms with Gasteiger partial charge in [-0.15, -0.1) is 11.3 Å². The molecule has 2 rings (SSSR count). The SMILES string of the molecule is CC(c1cccs1)N1CCNC(C)(C)C1. The molecule has 84 valence electrons. The van der Waals surface area contributed by atoms with Crippen molar-refractivity contribution in [2.24, 2.45) is 0 Å². The van der Waals surface area contributed by atoms with E-state index in [1.165, 1.54) is 4.88 Å². The summed E-state index contributed by atoms with van der Waals surface area (Å²) < 4.78 is 0. The van der Waals surface area contributed by atoms with Crippen LogP contribution in [-0.2, 0) is 0 Å². The molecule has 0 amide bonds. The summed E-state index contributed by atoms with van der Waals surface area (Å²) in [4.78, 5) is 4.05. The van der Waals surface area contributed by atoms with E-state index in [2.05, 4.69) is 48.5 Å². The minimum Gasteiger partial charge on any atom is -0.309 e. The lowest BCUT2D eigenvalue weighted by Gasteiger charge is -2.41. The monoisotopic (exact) mass is 224 g/mol. The zero-order valence-electron chi connectivity index (χ0n) is 9.79. The minimum absolute atomic E-state index is 0.254. The molecule has 2 heterocycles. The molecule has 1 aliphatic rings. The van der Waals surface area contributed by atoms with Crippen LogP contribution in [0, 0.1) is 0 Å². The highest BCUT2D eigenvalue weighted by Gasteiger charge is 2.28. The molecule has 3 heteroatoms. The predicted octanol–water partition coefficient (Wildman–Crippen LogP) is 2.49. The van der Waals surface area contributed by atoms with Gasteiger partial charge in [-0.25, -0.2) is 0 Å². The van der Waals surface area contributed by atoms with Crippen LogP contribution in [0.2, 0.25) is 0 Å². The Kier molecular flexibility index (Phi) is 3.14. The maximum Gasteiger partial charge on any atom is 0.0414 e. The van der Waals surface area contributed by atoms with Gasteiger partial charge in [0.05, 0.1) is 0 Å². The van der Waals surface area contributed by atoms with Crippen molar-refractivity contribution in [1.82, 2.24) is 10.2 Å². The third-order valence-corrected chi connectivity index (χ3v) is 4.15. The Bertz CT molecular complexity index is 305. The number of thiophene rings is 1. The van der Waals surface area contributed by atoms with Crippen molar-refractivity contribution in [3.8, 4) is 0 Å². The van der Waals surface area contributed by atoms with E-state index in [1.54, 1.807) is 0 Å². The number of hydrogen-bond donors (Lipinski definition) is 1. The van der Waals surface area contributed by atoms with Crippen LogP contribution < -0.4 is 5.32 Å². The molecule has 2 nitrogen and oxygen atoms in total. The van der Waals surface area contributed by atoms with E-state index >= 15 is 0 Å². The summed E-state index contributed by atoms with van der Waals surface area (Å²) in [6, 6.07) is 4.94. The number of rotatable bonds is 2. The Labute approximate surface area is 96.3 Å². The topological polar surface area (TPSA) is 15.3 Å². The molecular formula is C12H20N2S. The van der Waals surface area contributed by atoms with Crippen LogP contribution in [0.5, 0.6) is 0 Å². The van der Waals surface area contributed by atoms with E-state index in [-0.39, 0.29) is 5.54 Å². The average molecular weight is 224 g/mol. The van der Waals surface area contributed by atoms with Gasteiger partial charge in [0.2, 0.25) is 0 Å². The van der Waals surface area contributed by atoms with Gasteiger partial charge in [0.25, 0.3) is 0 Å². The molecule has 15 heavy (non-hydrogen) atoms. The van der Waals surface area contributed by atoms with E-state index in [0.717, 1.165) is 19.6 Å². The molecule has 1 atom stereocenters. The summed E-state index contributed by atoms with van der Waals surface area (Å²) in [6.45, 7) is 10.3. The quantitative estimate of drug-likeness (QED) is 0.830. The Morgan fingerprint density at radius 3 is 2.93 bits per heavy atom. The minimum atomic E-state index is 0.254. The molecule has 1 aliphatic heterocycles. The Balaban J connectivity index is 2.04. The fraction of sp³-hybridized carbons (Fsp3) is 0.667. The molecule has 1 N–H and O–H groups in total. The van der Waals surface area contributed by atoms with Crippen molar-refractivity contribution in [2.75, 3.05) is 19.6 Å². The Hall–Kier alpha value is -0.380. The van der Waals surface area contributed by atoms with Crippen LogP contribution in [0.25, 0.3) is 0 Å². The van der Waals surface area contributed by atoms with E-state index in [4.69, 9.17) is 0 Å². The molecule has 0 spiro atoms. The molecular weight excluding hydrogens is 204 g/mol. The average Bonchev–Trinajstić information content (AvgIpc) is 2.67.